The number of rotatable bonds is 29. The molecule has 2 N–H and O–H groups in total. The Morgan fingerprint density at radius 3 is 1.10 bits per heavy atom. The highest BCUT2D eigenvalue weighted by molar-refractivity contribution is 5.93. The summed E-state index contributed by atoms with van der Waals surface area (Å²) in [6, 6.07) is 16.1. The first-order valence-electron chi connectivity index (χ1n) is 24.6. The van der Waals surface area contributed by atoms with E-state index < -0.39 is 0 Å². The lowest BCUT2D eigenvalue weighted by Gasteiger charge is -2.20. The first kappa shape index (κ1) is 45.3. The number of aromatic amines is 2. The van der Waals surface area contributed by atoms with E-state index >= 15 is 9.59 Å². The Morgan fingerprint density at radius 1 is 0.433 bits per heavy atom. The Morgan fingerprint density at radius 2 is 0.733 bits per heavy atom. The fourth-order valence-corrected chi connectivity index (χ4v) is 9.65. The molecule has 0 radical (unpaired) electrons. The third-order valence-corrected chi connectivity index (χ3v) is 13.1. The van der Waals surface area contributed by atoms with Crippen LogP contribution in [0, 0.1) is 0 Å². The molecule has 2 unspecified atom stereocenters. The normalized spacial score (nSPS) is 13.1. The predicted molar refractivity (Wildman–Crippen MR) is 254 cm³/mol. The maximum atomic E-state index is 15.5. The molecule has 2 aromatic rings. The van der Waals surface area contributed by atoms with Crippen molar-refractivity contribution < 1.29 is 0 Å². The summed E-state index contributed by atoms with van der Waals surface area (Å²) >= 11 is 0. The van der Waals surface area contributed by atoms with Gasteiger partial charge >= 0.3 is 0 Å². The molecule has 0 saturated carbocycles. The zero-order valence-electron chi connectivity index (χ0n) is 37.8. The molecule has 0 amide bonds. The summed E-state index contributed by atoms with van der Waals surface area (Å²) in [5, 5.41) is 0. The number of unbranched alkanes of at least 4 members (excludes halogenated alkanes) is 18. The highest BCUT2D eigenvalue weighted by atomic mass is 16.1. The first-order chi connectivity index (χ1) is 29.5. The maximum Gasteiger partial charge on any atom is 0.262 e. The van der Waals surface area contributed by atoms with E-state index in [9.17, 15) is 0 Å². The molecule has 4 aliphatic heterocycles. The number of para-hydroxylation sites is 4. The van der Waals surface area contributed by atoms with Crippen LogP contribution in [0.4, 0.5) is 0 Å². The van der Waals surface area contributed by atoms with Crippen LogP contribution >= 0.6 is 0 Å². The van der Waals surface area contributed by atoms with E-state index in [0.717, 1.165) is 99.1 Å². The van der Waals surface area contributed by atoms with Crippen molar-refractivity contribution in [2.45, 2.75) is 207 Å². The van der Waals surface area contributed by atoms with Crippen molar-refractivity contribution in [1.82, 2.24) is 29.1 Å². The predicted octanol–water partition coefficient (Wildman–Crippen LogP) is 14.9. The van der Waals surface area contributed by atoms with Gasteiger partial charge in [0.2, 0.25) is 0 Å². The Hall–Kier alpha value is -4.20. The molecule has 0 spiro atoms. The zero-order chi connectivity index (χ0) is 42.1. The lowest BCUT2D eigenvalue weighted by atomic mass is 10.0. The van der Waals surface area contributed by atoms with Gasteiger partial charge in [0.1, 0.15) is 0 Å². The van der Waals surface area contributed by atoms with Gasteiger partial charge in [0.25, 0.3) is 11.1 Å². The van der Waals surface area contributed by atoms with Crippen molar-refractivity contribution in [2.24, 2.45) is 0 Å². The molecule has 4 heterocycles. The van der Waals surface area contributed by atoms with Crippen LogP contribution in [-0.4, -0.2) is 29.1 Å². The molecule has 6 rings (SSSR count). The SMILES string of the molecule is CCCCCCCCCCC(CCCCC)n1c2nc3ccccc3[nH]c-2c(-c2c3[nH]c4ccccc4nc-3n(C(CCCCC)CCCCCCCCCC)c2=O)c1=O. The minimum absolute atomic E-state index is 0.00222. The number of nitrogens with zero attached hydrogens (tertiary/aromatic N) is 4. The third kappa shape index (κ3) is 11.2. The van der Waals surface area contributed by atoms with Crippen LogP contribution in [0.5, 0.6) is 0 Å². The number of hydrogen-bond donors (Lipinski definition) is 2. The minimum atomic E-state index is -0.117. The molecule has 0 fully saturated rings. The van der Waals surface area contributed by atoms with Crippen molar-refractivity contribution in [3.05, 3.63) is 69.2 Å². The van der Waals surface area contributed by atoms with Gasteiger partial charge in [-0.25, -0.2) is 9.97 Å². The Balaban J connectivity index is 1.46. The number of H-pyrrole nitrogens is 2. The van der Waals surface area contributed by atoms with Crippen molar-refractivity contribution in [3.63, 3.8) is 0 Å². The summed E-state index contributed by atoms with van der Waals surface area (Å²) in [6.07, 6.45) is 30.2. The van der Waals surface area contributed by atoms with Crippen LogP contribution in [-0.2, 0) is 0 Å². The van der Waals surface area contributed by atoms with Gasteiger partial charge in [-0.3, -0.25) is 18.7 Å². The van der Waals surface area contributed by atoms with E-state index in [1.165, 1.54) is 89.9 Å². The fraction of sp³-hybridized carbons (Fsp3) is 0.615. The number of hydrogen-bond acceptors (Lipinski definition) is 4. The maximum absolute atomic E-state index is 15.5. The molecule has 2 atom stereocenters. The summed E-state index contributed by atoms with van der Waals surface area (Å²) in [6.45, 7) is 9.02. The van der Waals surface area contributed by atoms with Crippen molar-refractivity contribution >= 4 is 22.1 Å². The van der Waals surface area contributed by atoms with Gasteiger partial charge in [0.05, 0.1) is 44.6 Å². The Labute approximate surface area is 360 Å². The topological polar surface area (TPSA) is 101 Å². The largest absolute Gasteiger partial charge is 0.350 e. The molecule has 8 nitrogen and oxygen atoms in total. The summed E-state index contributed by atoms with van der Waals surface area (Å²) in [7, 11) is 0. The van der Waals surface area contributed by atoms with Crippen molar-refractivity contribution in [1.29, 1.82) is 0 Å². The van der Waals surface area contributed by atoms with E-state index in [1.807, 2.05) is 57.7 Å². The number of nitrogens with one attached hydrogen (secondary N) is 2. The average molecular weight is 817 g/mol. The summed E-state index contributed by atoms with van der Waals surface area (Å²) in [5.74, 6) is 1.31. The molecule has 60 heavy (non-hydrogen) atoms. The highest BCUT2D eigenvalue weighted by Crippen LogP contribution is 2.40. The van der Waals surface area contributed by atoms with Crippen LogP contribution in [0.15, 0.2) is 58.1 Å². The Kier molecular flexibility index (Phi) is 17.9. The summed E-state index contributed by atoms with van der Waals surface area (Å²) in [4.78, 5) is 48.8. The van der Waals surface area contributed by atoms with Gasteiger partial charge < -0.3 is 9.97 Å². The van der Waals surface area contributed by atoms with Crippen LogP contribution in [0.25, 0.3) is 56.2 Å². The quantitative estimate of drug-likeness (QED) is 0.0460. The molecule has 0 aromatic heterocycles. The van der Waals surface area contributed by atoms with Gasteiger partial charge in [0.15, 0.2) is 11.6 Å². The Bertz CT molecular complexity index is 2070. The standard InChI is InChI=1S/C52H76N6O2/c1-5-9-13-15-17-19-21-25-33-39(31-23-11-7-3)57-49-47(53-41-35-27-29-37-43(41)55-49)45(51(57)59)46-48-50(56-44-38-30-28-36-42(44)54-48)58(52(46)60)40(32-24-12-8-4)34-26-22-20-18-16-14-10-6-2/h27-30,35-40,53-54H,5-26,31-34H2,1-4H3. The third-order valence-electron chi connectivity index (χ3n) is 13.1. The van der Waals surface area contributed by atoms with E-state index in [4.69, 9.17) is 9.97 Å². The van der Waals surface area contributed by atoms with Gasteiger partial charge in [-0.2, -0.15) is 0 Å². The number of benzene rings is 2. The van der Waals surface area contributed by atoms with Crippen LogP contribution in [0.1, 0.15) is 207 Å². The molecule has 4 aliphatic rings. The number of aromatic nitrogens is 6. The molecule has 0 saturated heterocycles. The van der Waals surface area contributed by atoms with Gasteiger partial charge in [-0.05, 0) is 49.9 Å². The number of fused-ring (bicyclic) bond motifs is 4. The van der Waals surface area contributed by atoms with Crippen molar-refractivity contribution in [3.8, 4) is 34.2 Å². The second-order valence-electron chi connectivity index (χ2n) is 17.8. The molecule has 326 valence electrons. The molecule has 8 heteroatoms. The second kappa shape index (κ2) is 23.7. The van der Waals surface area contributed by atoms with Gasteiger partial charge in [-0.15, -0.1) is 0 Å². The summed E-state index contributed by atoms with van der Waals surface area (Å²) < 4.78 is 3.97. The summed E-state index contributed by atoms with van der Waals surface area (Å²) in [5.41, 5.74) is 5.27. The minimum Gasteiger partial charge on any atom is -0.350 e. The van der Waals surface area contributed by atoms with Crippen molar-refractivity contribution in [2.75, 3.05) is 0 Å². The highest BCUT2D eigenvalue weighted by Gasteiger charge is 2.36. The van der Waals surface area contributed by atoms with Crippen LogP contribution < -0.4 is 11.1 Å². The molecule has 0 bridgehead atoms. The van der Waals surface area contributed by atoms with E-state index in [-0.39, 0.29) is 23.2 Å². The second-order valence-corrected chi connectivity index (χ2v) is 17.8. The molecule has 2 aromatic carbocycles. The van der Waals surface area contributed by atoms with Gasteiger partial charge in [-0.1, -0.05) is 193 Å². The zero-order valence-corrected chi connectivity index (χ0v) is 37.8. The van der Waals surface area contributed by atoms with Gasteiger partial charge in [0, 0.05) is 12.1 Å². The van der Waals surface area contributed by atoms with Crippen LogP contribution in [0.2, 0.25) is 0 Å². The molecule has 0 aliphatic carbocycles. The smallest absolute Gasteiger partial charge is 0.262 e. The van der Waals surface area contributed by atoms with E-state index in [2.05, 4.69) is 37.7 Å². The first-order valence-corrected chi connectivity index (χ1v) is 24.6. The lowest BCUT2D eigenvalue weighted by Crippen LogP contribution is -2.25. The van der Waals surface area contributed by atoms with Crippen LogP contribution in [0.3, 0.4) is 0 Å². The van der Waals surface area contributed by atoms with E-state index in [1.54, 1.807) is 0 Å². The lowest BCUT2D eigenvalue weighted by molar-refractivity contribution is 0.392. The monoisotopic (exact) mass is 817 g/mol. The average Bonchev–Trinajstić information content (AvgIpc) is 3.69. The fourth-order valence-electron chi connectivity index (χ4n) is 9.65. The molecular weight excluding hydrogens is 741 g/mol. The van der Waals surface area contributed by atoms with E-state index in [0.29, 0.717) is 34.2 Å². The molecular formula is C52H76N6O2.